The van der Waals surface area contributed by atoms with Crippen LogP contribution in [0.4, 0.5) is 35.1 Å². The van der Waals surface area contributed by atoms with Crippen molar-refractivity contribution in [1.82, 2.24) is 5.32 Å². The van der Waals surface area contributed by atoms with Crippen LogP contribution in [0, 0.1) is 0 Å². The summed E-state index contributed by atoms with van der Waals surface area (Å²) in [5.41, 5.74) is -4.88. The molecule has 2 unspecified atom stereocenters. The van der Waals surface area contributed by atoms with E-state index >= 15 is 0 Å². The lowest BCUT2D eigenvalue weighted by Crippen LogP contribution is -2.57. The standard InChI is InChI=1S/C9H9F8NO/c1-2-4(19)18-3-6(11)5(10)7(12,13)9(16,17)8(6,14)15/h5H,2-3H2,1H3,(H,18,19). The molecule has 0 bridgehead atoms. The summed E-state index contributed by atoms with van der Waals surface area (Å²) in [6, 6.07) is 0. The van der Waals surface area contributed by atoms with E-state index < -0.39 is 42.1 Å². The topological polar surface area (TPSA) is 29.1 Å². The van der Waals surface area contributed by atoms with Crippen LogP contribution in [0.3, 0.4) is 0 Å². The summed E-state index contributed by atoms with van der Waals surface area (Å²) in [5.74, 6) is -19.1. The Morgan fingerprint density at radius 2 is 1.53 bits per heavy atom. The largest absolute Gasteiger partial charge is 0.378 e. The van der Waals surface area contributed by atoms with Gasteiger partial charge in [0.15, 0.2) is 0 Å². The first-order valence-corrected chi connectivity index (χ1v) is 5.09. The lowest BCUT2D eigenvalue weighted by molar-refractivity contribution is -0.288. The highest BCUT2D eigenvalue weighted by atomic mass is 19.4. The highest BCUT2D eigenvalue weighted by molar-refractivity contribution is 5.75. The van der Waals surface area contributed by atoms with Gasteiger partial charge in [0.2, 0.25) is 17.7 Å². The molecule has 1 saturated carbocycles. The van der Waals surface area contributed by atoms with Crippen molar-refractivity contribution in [2.45, 2.75) is 43.0 Å². The lowest BCUT2D eigenvalue weighted by Gasteiger charge is -2.28. The fraction of sp³-hybridized carbons (Fsp3) is 0.889. The van der Waals surface area contributed by atoms with Crippen LogP contribution in [0.1, 0.15) is 13.3 Å². The molecule has 0 radical (unpaired) electrons. The van der Waals surface area contributed by atoms with Crippen LogP contribution < -0.4 is 5.32 Å². The molecule has 0 saturated heterocycles. The van der Waals surface area contributed by atoms with Crippen LogP contribution in [-0.2, 0) is 4.79 Å². The number of rotatable bonds is 3. The zero-order chi connectivity index (χ0) is 15.3. The number of carbonyl (C=O) groups is 1. The van der Waals surface area contributed by atoms with Gasteiger partial charge in [-0.05, 0) is 0 Å². The minimum absolute atomic E-state index is 0.342. The second kappa shape index (κ2) is 4.20. The molecule has 0 aromatic rings. The Morgan fingerprint density at radius 3 is 1.84 bits per heavy atom. The molecule has 112 valence electrons. The van der Waals surface area contributed by atoms with Crippen molar-refractivity contribution >= 4 is 5.91 Å². The number of hydrogen-bond donors (Lipinski definition) is 1. The van der Waals surface area contributed by atoms with Gasteiger partial charge in [0.05, 0.1) is 6.54 Å². The Kier molecular flexibility index (Phi) is 3.53. The van der Waals surface area contributed by atoms with Gasteiger partial charge in [-0.3, -0.25) is 4.79 Å². The Balaban J connectivity index is 3.16. The van der Waals surface area contributed by atoms with Crippen molar-refractivity contribution in [2.75, 3.05) is 6.54 Å². The molecular weight excluding hydrogens is 290 g/mol. The number of carbonyl (C=O) groups excluding carboxylic acids is 1. The van der Waals surface area contributed by atoms with E-state index in [4.69, 9.17) is 0 Å². The summed E-state index contributed by atoms with van der Waals surface area (Å²) < 4.78 is 104. The fourth-order valence-electron chi connectivity index (χ4n) is 1.63. The van der Waals surface area contributed by atoms with Crippen LogP contribution in [0.25, 0.3) is 0 Å². The Labute approximate surface area is 102 Å². The van der Waals surface area contributed by atoms with E-state index in [0.29, 0.717) is 0 Å². The molecule has 19 heavy (non-hydrogen) atoms. The summed E-state index contributed by atoms with van der Waals surface area (Å²) in [6.07, 6.45) is -4.78. The maximum absolute atomic E-state index is 13.7. The summed E-state index contributed by atoms with van der Waals surface area (Å²) in [6.45, 7) is -0.762. The summed E-state index contributed by atoms with van der Waals surface area (Å²) in [4.78, 5) is 10.7. The van der Waals surface area contributed by atoms with E-state index in [1.165, 1.54) is 12.2 Å². The van der Waals surface area contributed by atoms with Gasteiger partial charge >= 0.3 is 17.8 Å². The van der Waals surface area contributed by atoms with Gasteiger partial charge < -0.3 is 5.32 Å². The fourth-order valence-corrected chi connectivity index (χ4v) is 1.63. The van der Waals surface area contributed by atoms with Crippen LogP contribution in [0.2, 0.25) is 0 Å². The second-order valence-electron chi connectivity index (χ2n) is 4.13. The molecule has 10 heteroatoms. The van der Waals surface area contributed by atoms with Gasteiger partial charge in [-0.25, -0.2) is 8.78 Å². The van der Waals surface area contributed by atoms with Gasteiger partial charge in [0, 0.05) is 6.42 Å². The smallest absolute Gasteiger partial charge is 0.353 e. The van der Waals surface area contributed by atoms with Crippen molar-refractivity contribution in [3.63, 3.8) is 0 Å². The summed E-state index contributed by atoms with van der Waals surface area (Å²) >= 11 is 0. The molecule has 0 heterocycles. The number of alkyl halides is 8. The first kappa shape index (κ1) is 16.0. The molecule has 0 aromatic heterocycles. The molecule has 1 fully saturated rings. The number of hydrogen-bond acceptors (Lipinski definition) is 1. The number of amides is 1. The predicted molar refractivity (Wildman–Crippen MR) is 46.9 cm³/mol. The van der Waals surface area contributed by atoms with Gasteiger partial charge in [0.25, 0.3) is 0 Å². The summed E-state index contributed by atoms with van der Waals surface area (Å²) in [5, 5.41) is 1.38. The summed E-state index contributed by atoms with van der Waals surface area (Å²) in [7, 11) is 0. The van der Waals surface area contributed by atoms with Crippen LogP contribution >= 0.6 is 0 Å². The van der Waals surface area contributed by atoms with Gasteiger partial charge in [-0.2, -0.15) is 26.3 Å². The van der Waals surface area contributed by atoms with E-state index in [-0.39, 0.29) is 6.42 Å². The van der Waals surface area contributed by atoms with Crippen molar-refractivity contribution in [3.8, 4) is 0 Å². The molecule has 0 aromatic carbocycles. The third kappa shape index (κ3) is 1.78. The molecule has 1 amide bonds. The van der Waals surface area contributed by atoms with Crippen molar-refractivity contribution in [2.24, 2.45) is 0 Å². The number of nitrogens with one attached hydrogen (secondary N) is 1. The molecule has 0 aliphatic heterocycles. The SMILES string of the molecule is CCC(=O)NCC1(F)C(F)C(F)(F)C(F)(F)C1(F)F. The molecule has 2 atom stereocenters. The quantitative estimate of drug-likeness (QED) is 0.797. The minimum Gasteiger partial charge on any atom is -0.353 e. The zero-order valence-corrected chi connectivity index (χ0v) is 9.42. The Hall–Kier alpha value is -1.09. The van der Waals surface area contributed by atoms with E-state index in [9.17, 15) is 39.9 Å². The van der Waals surface area contributed by atoms with E-state index in [0.717, 1.165) is 0 Å². The molecule has 1 aliphatic rings. The highest BCUT2D eigenvalue weighted by Crippen LogP contribution is 2.63. The molecule has 1 rings (SSSR count). The monoisotopic (exact) mass is 299 g/mol. The number of halogens is 8. The lowest BCUT2D eigenvalue weighted by atomic mass is 9.99. The zero-order valence-electron chi connectivity index (χ0n) is 9.42. The first-order valence-electron chi connectivity index (χ1n) is 5.09. The van der Waals surface area contributed by atoms with Crippen molar-refractivity contribution in [1.29, 1.82) is 0 Å². The molecule has 2 nitrogen and oxygen atoms in total. The molecular formula is C9H9F8NO. The van der Waals surface area contributed by atoms with Gasteiger partial charge in [-0.1, -0.05) is 6.92 Å². The van der Waals surface area contributed by atoms with E-state index in [2.05, 4.69) is 0 Å². The van der Waals surface area contributed by atoms with Crippen LogP contribution in [0.5, 0.6) is 0 Å². The Morgan fingerprint density at radius 1 is 1.05 bits per heavy atom. The molecule has 1 N–H and O–H groups in total. The minimum atomic E-state index is -6.19. The van der Waals surface area contributed by atoms with Crippen LogP contribution in [-0.4, -0.2) is 42.1 Å². The third-order valence-electron chi connectivity index (χ3n) is 2.92. The normalized spacial score (nSPS) is 35.1. The van der Waals surface area contributed by atoms with E-state index in [1.54, 1.807) is 0 Å². The van der Waals surface area contributed by atoms with Crippen molar-refractivity contribution in [3.05, 3.63) is 0 Å². The predicted octanol–water partition coefficient (Wildman–Crippen LogP) is 2.48. The second-order valence-corrected chi connectivity index (χ2v) is 4.13. The average Bonchev–Trinajstić information content (AvgIpc) is 2.38. The van der Waals surface area contributed by atoms with Gasteiger partial charge in [-0.15, -0.1) is 0 Å². The Bertz CT molecular complexity index is 384. The maximum atomic E-state index is 13.7. The van der Waals surface area contributed by atoms with Crippen molar-refractivity contribution < 1.29 is 39.9 Å². The molecule has 1 aliphatic carbocycles. The third-order valence-corrected chi connectivity index (χ3v) is 2.92. The average molecular weight is 299 g/mol. The van der Waals surface area contributed by atoms with Gasteiger partial charge in [0.1, 0.15) is 0 Å². The maximum Gasteiger partial charge on any atom is 0.378 e. The van der Waals surface area contributed by atoms with Crippen LogP contribution in [0.15, 0.2) is 0 Å². The highest BCUT2D eigenvalue weighted by Gasteiger charge is 2.92. The molecule has 0 spiro atoms. The van der Waals surface area contributed by atoms with E-state index in [1.807, 2.05) is 0 Å². The first-order chi connectivity index (χ1) is 8.36.